The van der Waals surface area contributed by atoms with Gasteiger partial charge in [-0.1, -0.05) is 91.3 Å². The molecular formula is C49H34IrN2O2-2. The van der Waals surface area contributed by atoms with Gasteiger partial charge in [-0.15, -0.1) is 71.3 Å². The zero-order valence-electron chi connectivity index (χ0n) is 30.0. The molecule has 0 aliphatic carbocycles. The molecule has 10 rings (SSSR count). The van der Waals surface area contributed by atoms with Crippen LogP contribution < -0.4 is 0 Å². The molecule has 0 fully saturated rings. The fourth-order valence-electron chi connectivity index (χ4n) is 7.06. The monoisotopic (exact) mass is 875 g/mol. The molecule has 4 nitrogen and oxygen atoms in total. The van der Waals surface area contributed by atoms with Crippen molar-refractivity contribution in [3.05, 3.63) is 181 Å². The van der Waals surface area contributed by atoms with Gasteiger partial charge in [0, 0.05) is 65.2 Å². The Morgan fingerprint density at radius 1 is 0.519 bits per heavy atom. The number of pyridine rings is 2. The SMILES string of the molecule is Cc1c[c-]c(-c2cc(C)c(C)cn2)cc1.[Ir].[c-]1ccccc1-c1cc(-c2c(-c3ccccc3)c3c4ccccc4oc3c3oc4ccccc4c23)ccn1. The summed E-state index contributed by atoms with van der Waals surface area (Å²) in [5.74, 6) is 0. The van der Waals surface area contributed by atoms with E-state index in [1.807, 2.05) is 67.0 Å². The van der Waals surface area contributed by atoms with Gasteiger partial charge in [0.05, 0.1) is 0 Å². The number of benzene rings is 6. The molecule has 54 heavy (non-hydrogen) atoms. The van der Waals surface area contributed by atoms with E-state index in [9.17, 15) is 0 Å². The summed E-state index contributed by atoms with van der Waals surface area (Å²) in [7, 11) is 0. The molecule has 0 aliphatic rings. The molecule has 10 aromatic rings. The number of nitrogens with zero attached hydrogens (tertiary/aromatic N) is 2. The maximum atomic E-state index is 6.55. The van der Waals surface area contributed by atoms with Crippen molar-refractivity contribution in [1.82, 2.24) is 9.97 Å². The van der Waals surface area contributed by atoms with Gasteiger partial charge >= 0.3 is 0 Å². The third-order valence-electron chi connectivity index (χ3n) is 9.86. The fourth-order valence-corrected chi connectivity index (χ4v) is 7.06. The summed E-state index contributed by atoms with van der Waals surface area (Å²) in [4.78, 5) is 9.10. The van der Waals surface area contributed by atoms with Crippen molar-refractivity contribution in [3.63, 3.8) is 0 Å². The van der Waals surface area contributed by atoms with Crippen molar-refractivity contribution in [2.24, 2.45) is 0 Å². The number of hydrogen-bond donors (Lipinski definition) is 0. The zero-order chi connectivity index (χ0) is 35.9. The predicted octanol–water partition coefficient (Wildman–Crippen LogP) is 13.2. The van der Waals surface area contributed by atoms with E-state index in [0.717, 1.165) is 88.6 Å². The van der Waals surface area contributed by atoms with E-state index in [1.165, 1.54) is 16.7 Å². The van der Waals surface area contributed by atoms with Gasteiger partial charge in [0.1, 0.15) is 11.2 Å². The molecule has 0 spiro atoms. The molecule has 4 heterocycles. The number of rotatable bonds is 4. The molecule has 0 atom stereocenters. The van der Waals surface area contributed by atoms with Gasteiger partial charge in [0.15, 0.2) is 11.2 Å². The van der Waals surface area contributed by atoms with Crippen LogP contribution in [0.4, 0.5) is 0 Å². The van der Waals surface area contributed by atoms with Crippen molar-refractivity contribution in [2.75, 3.05) is 0 Å². The summed E-state index contributed by atoms with van der Waals surface area (Å²) in [6.07, 6.45) is 3.80. The topological polar surface area (TPSA) is 52.1 Å². The number of aromatic nitrogens is 2. The molecule has 6 aromatic carbocycles. The molecule has 0 saturated heterocycles. The normalized spacial score (nSPS) is 11.1. The van der Waals surface area contributed by atoms with Crippen molar-refractivity contribution in [2.45, 2.75) is 20.8 Å². The maximum absolute atomic E-state index is 6.55. The van der Waals surface area contributed by atoms with Gasteiger partial charge in [0.25, 0.3) is 0 Å². The third kappa shape index (κ3) is 6.32. The second-order valence-corrected chi connectivity index (χ2v) is 13.4. The average molecular weight is 875 g/mol. The molecule has 1 radical (unpaired) electrons. The first-order valence-corrected chi connectivity index (χ1v) is 17.7. The van der Waals surface area contributed by atoms with Crippen molar-refractivity contribution >= 4 is 43.9 Å². The second kappa shape index (κ2) is 14.7. The molecule has 0 N–H and O–H groups in total. The van der Waals surface area contributed by atoms with Crippen molar-refractivity contribution < 1.29 is 28.9 Å². The zero-order valence-corrected chi connectivity index (χ0v) is 32.4. The van der Waals surface area contributed by atoms with Gasteiger partial charge in [-0.3, -0.25) is 0 Å². The largest absolute Gasteiger partial charge is 0.452 e. The van der Waals surface area contributed by atoms with E-state index in [0.29, 0.717) is 0 Å². The Kier molecular flexibility index (Phi) is 9.52. The van der Waals surface area contributed by atoms with Crippen LogP contribution in [0.15, 0.2) is 161 Å². The minimum atomic E-state index is 0. The molecule has 0 saturated carbocycles. The van der Waals surface area contributed by atoms with Crippen molar-refractivity contribution in [1.29, 1.82) is 0 Å². The van der Waals surface area contributed by atoms with Crippen LogP contribution in [-0.4, -0.2) is 9.97 Å². The molecule has 0 unspecified atom stereocenters. The van der Waals surface area contributed by atoms with Gasteiger partial charge in [0.2, 0.25) is 0 Å². The minimum absolute atomic E-state index is 0. The number of aryl methyl sites for hydroxylation is 3. The first kappa shape index (κ1) is 34.9. The number of furan rings is 2. The molecule has 0 bridgehead atoms. The van der Waals surface area contributed by atoms with Crippen LogP contribution in [0.25, 0.3) is 88.6 Å². The van der Waals surface area contributed by atoms with Gasteiger partial charge in [-0.25, -0.2) is 0 Å². The van der Waals surface area contributed by atoms with Crippen LogP contribution in [0.3, 0.4) is 0 Å². The Morgan fingerprint density at radius 3 is 1.76 bits per heavy atom. The van der Waals surface area contributed by atoms with Crippen molar-refractivity contribution in [3.8, 4) is 44.8 Å². The number of para-hydroxylation sites is 2. The summed E-state index contributed by atoms with van der Waals surface area (Å²) in [6.45, 7) is 6.24. The van der Waals surface area contributed by atoms with Crippen LogP contribution in [-0.2, 0) is 20.1 Å². The van der Waals surface area contributed by atoms with Gasteiger partial charge in [-0.2, -0.15) is 0 Å². The first-order valence-electron chi connectivity index (χ1n) is 17.7. The molecule has 263 valence electrons. The Balaban J connectivity index is 0.000000218. The Morgan fingerprint density at radius 2 is 1.13 bits per heavy atom. The molecule has 4 aromatic heterocycles. The van der Waals surface area contributed by atoms with E-state index in [-0.39, 0.29) is 20.1 Å². The minimum Gasteiger partial charge on any atom is -0.452 e. The van der Waals surface area contributed by atoms with E-state index in [1.54, 1.807) is 0 Å². The van der Waals surface area contributed by atoms with Crippen LogP contribution in [0, 0.1) is 32.9 Å². The van der Waals surface area contributed by atoms with E-state index in [2.05, 4.69) is 123 Å². The van der Waals surface area contributed by atoms with E-state index in [4.69, 9.17) is 13.8 Å². The third-order valence-corrected chi connectivity index (χ3v) is 9.86. The van der Waals surface area contributed by atoms with Gasteiger partial charge in [-0.05, 0) is 60.1 Å². The Hall–Kier alpha value is -6.13. The summed E-state index contributed by atoms with van der Waals surface area (Å²) in [6, 6.07) is 54.0. The van der Waals surface area contributed by atoms with Crippen LogP contribution in [0.2, 0.25) is 0 Å². The summed E-state index contributed by atoms with van der Waals surface area (Å²) >= 11 is 0. The standard InChI is InChI=1S/C35H20NO2.C14H14N.Ir/c1-3-11-22(12-4-1)27-21-24(19-20-36-27)31-30(23-13-5-2-6-14-23)32-25-15-7-9-17-28(25)37-34(32)35-33(31)26-16-8-10-18-29(26)38-35;1-10-4-6-13(7-5-10)14-8-11(2)12(3)9-15-14;/h1-11,13-21H;4-6,8-9H,1-3H3;/q2*-1;. The van der Waals surface area contributed by atoms with E-state index < -0.39 is 0 Å². The Bertz CT molecular complexity index is 2910. The first-order chi connectivity index (χ1) is 26.0. The number of fused-ring (bicyclic) bond motifs is 7. The fraction of sp³-hybridized carbons (Fsp3) is 0.0612. The molecule has 5 heteroatoms. The summed E-state index contributed by atoms with van der Waals surface area (Å²) in [5, 5.41) is 4.22. The average Bonchev–Trinajstić information content (AvgIpc) is 3.79. The second-order valence-electron chi connectivity index (χ2n) is 13.4. The summed E-state index contributed by atoms with van der Waals surface area (Å²) in [5.41, 5.74) is 15.2. The number of hydrogen-bond acceptors (Lipinski definition) is 4. The van der Waals surface area contributed by atoms with Crippen LogP contribution in [0.1, 0.15) is 16.7 Å². The maximum Gasteiger partial charge on any atom is 0.179 e. The Labute approximate surface area is 327 Å². The molecule has 0 amide bonds. The molecular weight excluding hydrogens is 841 g/mol. The van der Waals surface area contributed by atoms with Gasteiger partial charge < -0.3 is 18.8 Å². The quantitative estimate of drug-likeness (QED) is 0.165. The smallest absolute Gasteiger partial charge is 0.179 e. The van der Waals surface area contributed by atoms with E-state index >= 15 is 0 Å². The summed E-state index contributed by atoms with van der Waals surface area (Å²) < 4.78 is 13.1. The predicted molar refractivity (Wildman–Crippen MR) is 217 cm³/mol. The molecule has 0 aliphatic heterocycles. The van der Waals surface area contributed by atoms with Crippen LogP contribution >= 0.6 is 0 Å². The van der Waals surface area contributed by atoms with Crippen LogP contribution in [0.5, 0.6) is 0 Å².